The summed E-state index contributed by atoms with van der Waals surface area (Å²) in [5.41, 5.74) is 1.52. The molecular weight excluding hydrogens is 248 g/mol. The van der Waals surface area contributed by atoms with Crippen LogP contribution in [0.2, 0.25) is 0 Å². The Morgan fingerprint density at radius 2 is 1.47 bits per heavy atom. The van der Waals surface area contributed by atoms with Crippen molar-refractivity contribution in [1.82, 2.24) is 0 Å². The number of allylic oxidation sites excluding steroid dienone is 5. The maximum Gasteiger partial charge on any atom is 0.00613 e. The van der Waals surface area contributed by atoms with E-state index in [9.17, 15) is 0 Å². The molecule has 0 N–H and O–H groups in total. The maximum atomic E-state index is 2.26. The molecule has 0 amide bonds. The lowest BCUT2D eigenvalue weighted by Gasteiger charge is -2.04. The average molecular weight is 285 g/mol. The lowest BCUT2D eigenvalue weighted by atomic mass is 10.1. The van der Waals surface area contributed by atoms with Crippen LogP contribution in [-0.4, -0.2) is 5.75 Å². The van der Waals surface area contributed by atoms with Crippen LogP contribution in [-0.2, 0) is 0 Å². The summed E-state index contributed by atoms with van der Waals surface area (Å²) in [6.07, 6.45) is 12.7. The van der Waals surface area contributed by atoms with Crippen LogP contribution in [0.25, 0.3) is 0 Å². The van der Waals surface area contributed by atoms with E-state index < -0.39 is 0 Å². The summed E-state index contributed by atoms with van der Waals surface area (Å²) in [7, 11) is 0. The number of hydrogen-bond donors (Lipinski definition) is 0. The van der Waals surface area contributed by atoms with Gasteiger partial charge in [-0.3, -0.25) is 0 Å². The Morgan fingerprint density at radius 1 is 0.895 bits per heavy atom. The van der Waals surface area contributed by atoms with Gasteiger partial charge in [-0.1, -0.05) is 65.8 Å². The highest BCUT2D eigenvalue weighted by molar-refractivity contribution is 8.03. The Hall–Kier alpha value is -0.430. The third-order valence-electron chi connectivity index (χ3n) is 2.17. The molecule has 1 aliphatic heterocycles. The van der Waals surface area contributed by atoms with E-state index in [2.05, 4.69) is 38.2 Å². The first-order valence-electron chi connectivity index (χ1n) is 8.00. The molecule has 0 aromatic carbocycles. The summed E-state index contributed by atoms with van der Waals surface area (Å²) in [6, 6.07) is 0. The zero-order chi connectivity index (χ0) is 15.5. The van der Waals surface area contributed by atoms with Crippen molar-refractivity contribution < 1.29 is 0 Å². The van der Waals surface area contributed by atoms with Crippen LogP contribution in [0.1, 0.15) is 74.7 Å². The molecule has 0 radical (unpaired) electrons. The van der Waals surface area contributed by atoms with E-state index in [4.69, 9.17) is 0 Å². The number of rotatable bonds is 1. The molecule has 0 spiro atoms. The topological polar surface area (TPSA) is 0 Å². The van der Waals surface area contributed by atoms with Crippen LogP contribution < -0.4 is 0 Å². The van der Waals surface area contributed by atoms with E-state index in [0.29, 0.717) is 0 Å². The first-order valence-corrected chi connectivity index (χ1v) is 8.98. The largest absolute Gasteiger partial charge is 0.126 e. The Morgan fingerprint density at radius 3 is 1.95 bits per heavy atom. The molecule has 1 heterocycles. The summed E-state index contributed by atoms with van der Waals surface area (Å²) < 4.78 is 0. The normalized spacial score (nSPS) is 18.5. The molecule has 0 aromatic heterocycles. The Balaban J connectivity index is -0.000000375. The molecule has 0 aliphatic carbocycles. The summed E-state index contributed by atoms with van der Waals surface area (Å²) in [5.74, 6) is 1.28. The fourth-order valence-electron chi connectivity index (χ4n) is 1.46. The predicted octanol–water partition coefficient (Wildman–Crippen LogP) is 7.39. The first kappa shape index (κ1) is 23.6. The van der Waals surface area contributed by atoms with Crippen molar-refractivity contribution in [3.05, 3.63) is 34.8 Å². The Bertz CT molecular complexity index is 234. The SMILES string of the molecule is CC.CC.CC.C\C=C/C=C1/CCCCS/C1=C/C. The van der Waals surface area contributed by atoms with Crippen molar-refractivity contribution in [2.45, 2.75) is 74.7 Å². The fraction of sp³-hybridized carbons (Fsp3) is 0.667. The van der Waals surface area contributed by atoms with Crippen LogP contribution >= 0.6 is 11.8 Å². The summed E-state index contributed by atoms with van der Waals surface area (Å²) >= 11 is 2.00. The second-order valence-corrected chi connectivity index (χ2v) is 4.31. The minimum Gasteiger partial charge on any atom is -0.126 e. The zero-order valence-electron chi connectivity index (χ0n) is 14.5. The van der Waals surface area contributed by atoms with Gasteiger partial charge in [0.2, 0.25) is 0 Å². The van der Waals surface area contributed by atoms with Crippen LogP contribution in [0.4, 0.5) is 0 Å². The molecule has 1 saturated heterocycles. The molecule has 0 atom stereocenters. The molecule has 0 saturated carbocycles. The molecule has 0 aromatic rings. The van der Waals surface area contributed by atoms with Gasteiger partial charge < -0.3 is 0 Å². The second kappa shape index (κ2) is 22.7. The van der Waals surface area contributed by atoms with Crippen molar-refractivity contribution in [2.24, 2.45) is 0 Å². The van der Waals surface area contributed by atoms with Gasteiger partial charge in [0.15, 0.2) is 0 Å². The molecule has 1 heteroatoms. The minimum atomic E-state index is 1.25. The monoisotopic (exact) mass is 284 g/mol. The van der Waals surface area contributed by atoms with E-state index in [1.165, 1.54) is 35.5 Å². The highest BCUT2D eigenvalue weighted by Crippen LogP contribution is 2.32. The van der Waals surface area contributed by atoms with Gasteiger partial charge in [-0.2, -0.15) is 0 Å². The van der Waals surface area contributed by atoms with Gasteiger partial charge in [0.1, 0.15) is 0 Å². The first-order chi connectivity index (χ1) is 9.38. The van der Waals surface area contributed by atoms with Crippen molar-refractivity contribution in [2.75, 3.05) is 5.75 Å². The molecule has 0 nitrogen and oxygen atoms in total. The van der Waals surface area contributed by atoms with Crippen LogP contribution in [0.5, 0.6) is 0 Å². The predicted molar refractivity (Wildman–Crippen MR) is 97.0 cm³/mol. The second-order valence-electron chi connectivity index (χ2n) is 3.18. The highest BCUT2D eigenvalue weighted by Gasteiger charge is 2.08. The molecule has 0 unspecified atom stereocenters. The fourth-order valence-corrected chi connectivity index (χ4v) is 2.55. The van der Waals surface area contributed by atoms with Crippen molar-refractivity contribution in [1.29, 1.82) is 0 Å². The van der Waals surface area contributed by atoms with Gasteiger partial charge in [-0.25, -0.2) is 0 Å². The van der Waals surface area contributed by atoms with Crippen LogP contribution in [0.3, 0.4) is 0 Å². The molecule has 0 bridgehead atoms. The number of thioether (sulfide) groups is 1. The summed E-state index contributed by atoms with van der Waals surface area (Å²) in [4.78, 5) is 1.48. The molecule has 1 rings (SSSR count). The average Bonchev–Trinajstić information content (AvgIpc) is 2.76. The third kappa shape index (κ3) is 13.8. The zero-order valence-corrected chi connectivity index (χ0v) is 15.4. The van der Waals surface area contributed by atoms with Gasteiger partial charge in [0, 0.05) is 4.91 Å². The van der Waals surface area contributed by atoms with E-state index in [-0.39, 0.29) is 0 Å². The molecule has 114 valence electrons. The lowest BCUT2D eigenvalue weighted by molar-refractivity contribution is 0.813. The number of hydrogen-bond acceptors (Lipinski definition) is 1. The van der Waals surface area contributed by atoms with Gasteiger partial charge in [0.05, 0.1) is 0 Å². The maximum absolute atomic E-state index is 2.26. The minimum absolute atomic E-state index is 1.25. The molecular formula is C18H36S. The van der Waals surface area contributed by atoms with E-state index in [0.717, 1.165) is 0 Å². The summed E-state index contributed by atoms with van der Waals surface area (Å²) in [5, 5.41) is 0. The lowest BCUT2D eigenvalue weighted by Crippen LogP contribution is -1.82. The smallest absolute Gasteiger partial charge is 0.00613 e. The van der Waals surface area contributed by atoms with Gasteiger partial charge in [0.25, 0.3) is 0 Å². The van der Waals surface area contributed by atoms with Crippen molar-refractivity contribution in [3.8, 4) is 0 Å². The highest BCUT2D eigenvalue weighted by atomic mass is 32.2. The van der Waals surface area contributed by atoms with E-state index in [1.807, 2.05) is 53.3 Å². The molecule has 1 aliphatic rings. The third-order valence-corrected chi connectivity index (χ3v) is 3.47. The van der Waals surface area contributed by atoms with Crippen molar-refractivity contribution in [3.63, 3.8) is 0 Å². The quantitative estimate of drug-likeness (QED) is 0.483. The van der Waals surface area contributed by atoms with E-state index in [1.54, 1.807) is 0 Å². The summed E-state index contributed by atoms with van der Waals surface area (Å²) in [6.45, 7) is 16.2. The molecule has 19 heavy (non-hydrogen) atoms. The Labute approximate surface area is 127 Å². The van der Waals surface area contributed by atoms with E-state index >= 15 is 0 Å². The Kier molecular flexibility index (Phi) is 28.3. The molecule has 1 fully saturated rings. The van der Waals surface area contributed by atoms with Gasteiger partial charge >= 0.3 is 0 Å². The standard InChI is InChI=1S/C12H18S.3C2H6/c1-3-5-8-11-9-6-7-10-13-12(11)4-2;3*1-2/h3-5,8H,6-7,9-10H2,1-2H3;3*1-2H3/b5-3-,11-8-,12-4+;;;. The van der Waals surface area contributed by atoms with Crippen LogP contribution in [0, 0.1) is 0 Å². The van der Waals surface area contributed by atoms with Crippen molar-refractivity contribution >= 4 is 11.8 Å². The van der Waals surface area contributed by atoms with Gasteiger partial charge in [-0.15, -0.1) is 11.8 Å². The van der Waals surface area contributed by atoms with Crippen LogP contribution in [0.15, 0.2) is 34.8 Å². The van der Waals surface area contributed by atoms with Gasteiger partial charge in [-0.05, 0) is 44.4 Å².